The Morgan fingerprint density at radius 1 is 0.939 bits per heavy atom. The van der Waals surface area contributed by atoms with Gasteiger partial charge in [0.05, 0.1) is 5.69 Å². The van der Waals surface area contributed by atoms with Gasteiger partial charge in [-0.05, 0) is 68.5 Å². The summed E-state index contributed by atoms with van der Waals surface area (Å²) in [7, 11) is 1.69. The SMILES string of the molecule is Cc1ccc(C)c(CCc2cc(-c3ccc(=O)n(C)c3)nc(Oc3c(C)cccc3F)n2)c1. The predicted molar refractivity (Wildman–Crippen MR) is 127 cm³/mol. The molecular weight excluding hydrogens is 417 g/mol. The van der Waals surface area contributed by atoms with E-state index >= 15 is 0 Å². The molecule has 0 spiro atoms. The van der Waals surface area contributed by atoms with E-state index in [4.69, 9.17) is 4.74 Å². The van der Waals surface area contributed by atoms with Crippen LogP contribution in [0.3, 0.4) is 0 Å². The summed E-state index contributed by atoms with van der Waals surface area (Å²) < 4.78 is 21.7. The zero-order valence-electron chi connectivity index (χ0n) is 19.2. The number of hydrogen-bond acceptors (Lipinski definition) is 4. The molecule has 168 valence electrons. The van der Waals surface area contributed by atoms with E-state index in [9.17, 15) is 9.18 Å². The van der Waals surface area contributed by atoms with Gasteiger partial charge in [0.25, 0.3) is 0 Å². The molecule has 0 fully saturated rings. The normalized spacial score (nSPS) is 10.9. The van der Waals surface area contributed by atoms with Crippen LogP contribution in [0, 0.1) is 26.6 Å². The van der Waals surface area contributed by atoms with E-state index in [1.807, 2.05) is 6.07 Å². The zero-order valence-corrected chi connectivity index (χ0v) is 19.2. The molecule has 0 radical (unpaired) electrons. The summed E-state index contributed by atoms with van der Waals surface area (Å²) in [6.07, 6.45) is 3.19. The van der Waals surface area contributed by atoms with Crippen LogP contribution >= 0.6 is 0 Å². The number of halogens is 1. The first-order valence-corrected chi connectivity index (χ1v) is 10.8. The molecule has 0 aliphatic heterocycles. The number of nitrogens with zero attached hydrogens (tertiary/aromatic N) is 3. The quantitative estimate of drug-likeness (QED) is 0.396. The van der Waals surface area contributed by atoms with Gasteiger partial charge in [0, 0.05) is 30.6 Å². The predicted octanol–water partition coefficient (Wildman–Crippen LogP) is 5.48. The molecule has 5 nitrogen and oxygen atoms in total. The molecule has 2 heterocycles. The first-order valence-electron chi connectivity index (χ1n) is 10.8. The largest absolute Gasteiger partial charge is 0.421 e. The second-order valence-electron chi connectivity index (χ2n) is 8.31. The van der Waals surface area contributed by atoms with Crippen molar-refractivity contribution in [3.8, 4) is 23.0 Å². The first kappa shape index (κ1) is 22.4. The molecule has 4 aromatic rings. The van der Waals surface area contributed by atoms with Crippen molar-refractivity contribution in [1.29, 1.82) is 0 Å². The Morgan fingerprint density at radius 2 is 1.76 bits per heavy atom. The van der Waals surface area contributed by atoms with Crippen molar-refractivity contribution < 1.29 is 9.13 Å². The Balaban J connectivity index is 1.73. The monoisotopic (exact) mass is 443 g/mol. The van der Waals surface area contributed by atoms with Crippen LogP contribution in [0.25, 0.3) is 11.3 Å². The van der Waals surface area contributed by atoms with Gasteiger partial charge >= 0.3 is 6.01 Å². The van der Waals surface area contributed by atoms with Crippen molar-refractivity contribution in [3.63, 3.8) is 0 Å². The number of benzene rings is 2. The average Bonchev–Trinajstić information content (AvgIpc) is 2.79. The van der Waals surface area contributed by atoms with Crippen LogP contribution in [0.1, 0.15) is 27.9 Å². The lowest BCUT2D eigenvalue weighted by molar-refractivity contribution is 0.406. The van der Waals surface area contributed by atoms with E-state index in [2.05, 4.69) is 42.0 Å². The number of aryl methyl sites for hydroxylation is 6. The highest BCUT2D eigenvalue weighted by Crippen LogP contribution is 2.28. The maximum absolute atomic E-state index is 14.4. The molecule has 0 aliphatic carbocycles. The summed E-state index contributed by atoms with van der Waals surface area (Å²) in [4.78, 5) is 20.9. The molecule has 0 saturated carbocycles. The molecule has 2 aromatic heterocycles. The van der Waals surface area contributed by atoms with Crippen molar-refractivity contribution in [2.24, 2.45) is 7.05 Å². The third-order valence-corrected chi connectivity index (χ3v) is 5.65. The second kappa shape index (κ2) is 9.36. The number of hydrogen-bond donors (Lipinski definition) is 0. The molecule has 0 unspecified atom stereocenters. The van der Waals surface area contributed by atoms with E-state index in [1.54, 1.807) is 38.4 Å². The topological polar surface area (TPSA) is 57.0 Å². The number of para-hydroxylation sites is 1. The van der Waals surface area contributed by atoms with Crippen LogP contribution < -0.4 is 10.3 Å². The van der Waals surface area contributed by atoms with Crippen LogP contribution in [0.4, 0.5) is 4.39 Å². The number of pyridine rings is 1. The molecule has 0 amide bonds. The smallest absolute Gasteiger partial charge is 0.322 e. The standard InChI is InChI=1S/C27H26FN3O2/c1-17-8-9-18(2)20(14-17)10-12-22-15-24(21-11-13-25(32)31(4)16-21)30-27(29-22)33-26-19(3)6-5-7-23(26)28/h5-9,11,13-16H,10,12H2,1-4H3. The van der Waals surface area contributed by atoms with Gasteiger partial charge in [0.15, 0.2) is 11.6 Å². The third kappa shape index (κ3) is 5.17. The van der Waals surface area contributed by atoms with Crippen LogP contribution in [0.5, 0.6) is 11.8 Å². The fourth-order valence-electron chi connectivity index (χ4n) is 3.71. The maximum Gasteiger partial charge on any atom is 0.322 e. The van der Waals surface area contributed by atoms with Crippen molar-refractivity contribution in [3.05, 3.63) is 105 Å². The van der Waals surface area contributed by atoms with Crippen molar-refractivity contribution in [1.82, 2.24) is 14.5 Å². The Labute approximate surface area is 192 Å². The Hall–Kier alpha value is -3.80. The van der Waals surface area contributed by atoms with E-state index < -0.39 is 5.82 Å². The molecule has 4 rings (SSSR count). The van der Waals surface area contributed by atoms with E-state index in [0.29, 0.717) is 17.7 Å². The summed E-state index contributed by atoms with van der Waals surface area (Å²) in [5.41, 5.74) is 6.38. The minimum absolute atomic E-state index is 0.0746. The molecule has 0 N–H and O–H groups in total. The highest BCUT2D eigenvalue weighted by molar-refractivity contribution is 5.58. The molecular formula is C27H26FN3O2. The Bertz CT molecular complexity index is 1360. The summed E-state index contributed by atoms with van der Waals surface area (Å²) >= 11 is 0. The highest BCUT2D eigenvalue weighted by Gasteiger charge is 2.14. The minimum Gasteiger partial charge on any atom is -0.421 e. The van der Waals surface area contributed by atoms with Crippen molar-refractivity contribution in [2.45, 2.75) is 33.6 Å². The van der Waals surface area contributed by atoms with E-state index in [0.717, 1.165) is 17.7 Å². The third-order valence-electron chi connectivity index (χ3n) is 5.65. The van der Waals surface area contributed by atoms with Gasteiger partial charge in [-0.3, -0.25) is 4.79 Å². The van der Waals surface area contributed by atoms with Crippen LogP contribution in [-0.2, 0) is 19.9 Å². The fourth-order valence-corrected chi connectivity index (χ4v) is 3.71. The summed E-state index contributed by atoms with van der Waals surface area (Å²) in [6, 6.07) is 16.3. The lowest BCUT2D eigenvalue weighted by atomic mass is 10.00. The number of rotatable bonds is 6. The van der Waals surface area contributed by atoms with E-state index in [1.165, 1.54) is 33.4 Å². The van der Waals surface area contributed by atoms with E-state index in [-0.39, 0.29) is 17.3 Å². The zero-order chi connectivity index (χ0) is 23.5. The molecule has 6 heteroatoms. The van der Waals surface area contributed by atoms with Crippen molar-refractivity contribution in [2.75, 3.05) is 0 Å². The van der Waals surface area contributed by atoms with Gasteiger partial charge in [0.2, 0.25) is 5.56 Å². The van der Waals surface area contributed by atoms with Crippen LogP contribution in [0.2, 0.25) is 0 Å². The van der Waals surface area contributed by atoms with Gasteiger partial charge in [-0.25, -0.2) is 4.39 Å². The van der Waals surface area contributed by atoms with Gasteiger partial charge < -0.3 is 9.30 Å². The van der Waals surface area contributed by atoms with Crippen LogP contribution in [-0.4, -0.2) is 14.5 Å². The van der Waals surface area contributed by atoms with Gasteiger partial charge in [-0.2, -0.15) is 9.97 Å². The second-order valence-corrected chi connectivity index (χ2v) is 8.31. The maximum atomic E-state index is 14.4. The molecule has 33 heavy (non-hydrogen) atoms. The van der Waals surface area contributed by atoms with Gasteiger partial charge in [-0.15, -0.1) is 0 Å². The number of aromatic nitrogens is 3. The molecule has 2 aromatic carbocycles. The van der Waals surface area contributed by atoms with Gasteiger partial charge in [0.1, 0.15) is 0 Å². The fraction of sp³-hybridized carbons (Fsp3) is 0.222. The highest BCUT2D eigenvalue weighted by atomic mass is 19.1. The molecule has 0 saturated heterocycles. The van der Waals surface area contributed by atoms with Gasteiger partial charge in [-0.1, -0.05) is 35.9 Å². The summed E-state index contributed by atoms with van der Waals surface area (Å²) in [5, 5.41) is 0. The molecule has 0 aliphatic rings. The Morgan fingerprint density at radius 3 is 2.52 bits per heavy atom. The Kier molecular flexibility index (Phi) is 6.36. The first-order chi connectivity index (χ1) is 15.8. The summed E-state index contributed by atoms with van der Waals surface area (Å²) in [6.45, 7) is 5.95. The average molecular weight is 444 g/mol. The lowest BCUT2D eigenvalue weighted by Gasteiger charge is -2.12. The lowest BCUT2D eigenvalue weighted by Crippen LogP contribution is -2.14. The minimum atomic E-state index is -0.469. The number of ether oxygens (including phenoxy) is 1. The summed E-state index contributed by atoms with van der Waals surface area (Å²) in [5.74, 6) is -0.362. The molecule has 0 bridgehead atoms. The van der Waals surface area contributed by atoms with Crippen molar-refractivity contribution >= 4 is 0 Å². The van der Waals surface area contributed by atoms with Crippen LogP contribution in [0.15, 0.2) is 65.6 Å². The molecule has 0 atom stereocenters.